The number of carboxylic acid groups (broad SMARTS) is 3. The van der Waals surface area contributed by atoms with Crippen LogP contribution in [0.1, 0.15) is 13.3 Å². The van der Waals surface area contributed by atoms with Crippen molar-refractivity contribution in [2.45, 2.75) is 13.3 Å². The maximum Gasteiger partial charge on any atom is 0.407 e. The smallest absolute Gasteiger partial charge is 0.407 e. The Bertz CT molecular complexity index is 507. The Kier molecular flexibility index (Phi) is 6.11. The molecule has 4 N–H and O–H groups in total. The van der Waals surface area contributed by atoms with E-state index in [9.17, 15) is 14.4 Å². The summed E-state index contributed by atoms with van der Waals surface area (Å²) in [5, 5.41) is 29.0. The van der Waals surface area contributed by atoms with Gasteiger partial charge in [0.15, 0.2) is 0 Å². The van der Waals surface area contributed by atoms with Crippen LogP contribution in [-0.2, 0) is 9.59 Å². The van der Waals surface area contributed by atoms with E-state index in [1.54, 1.807) is 0 Å². The summed E-state index contributed by atoms with van der Waals surface area (Å²) >= 11 is 0. The molecule has 8 heteroatoms. The lowest BCUT2D eigenvalue weighted by atomic mass is 9.80. The molecule has 1 heterocycles. The molecule has 1 fully saturated rings. The number of allylic oxidation sites excluding steroid dienone is 2. The normalized spacial score (nSPS) is 23.9. The summed E-state index contributed by atoms with van der Waals surface area (Å²) in [7, 11) is 0. The predicted octanol–water partition coefficient (Wildman–Crippen LogP) is 0.618. The molecule has 2 rings (SSSR count). The van der Waals surface area contributed by atoms with E-state index < -0.39 is 23.4 Å². The van der Waals surface area contributed by atoms with Crippen molar-refractivity contribution in [2.75, 3.05) is 26.2 Å². The molecule has 0 aromatic carbocycles. The van der Waals surface area contributed by atoms with E-state index in [4.69, 9.17) is 15.3 Å². The Labute approximate surface area is 127 Å². The van der Waals surface area contributed by atoms with Crippen LogP contribution in [0, 0.1) is 5.41 Å². The van der Waals surface area contributed by atoms with Gasteiger partial charge in [-0.25, -0.2) is 9.59 Å². The van der Waals surface area contributed by atoms with E-state index in [0.29, 0.717) is 13.1 Å². The molecule has 0 spiro atoms. The largest absolute Gasteiger partial charge is 0.481 e. The highest BCUT2D eigenvalue weighted by atomic mass is 16.4. The third-order valence-corrected chi connectivity index (χ3v) is 3.47. The van der Waals surface area contributed by atoms with Crippen LogP contribution in [0.15, 0.2) is 23.8 Å². The third kappa shape index (κ3) is 4.88. The number of carbonyl (C=O) groups is 3. The molecule has 122 valence electrons. The van der Waals surface area contributed by atoms with Gasteiger partial charge in [0, 0.05) is 31.8 Å². The third-order valence-electron chi connectivity index (χ3n) is 3.47. The lowest BCUT2D eigenvalue weighted by molar-refractivity contribution is -0.145. The van der Waals surface area contributed by atoms with Crippen LogP contribution in [-0.4, -0.2) is 64.4 Å². The number of carboxylic acids is 2. The molecule has 0 bridgehead atoms. The summed E-state index contributed by atoms with van der Waals surface area (Å²) in [5.74, 6) is -2.06. The summed E-state index contributed by atoms with van der Waals surface area (Å²) in [4.78, 5) is 33.0. The average molecular weight is 312 g/mol. The van der Waals surface area contributed by atoms with E-state index in [-0.39, 0.29) is 12.0 Å². The Morgan fingerprint density at radius 2 is 1.77 bits per heavy atom. The lowest BCUT2D eigenvalue weighted by Gasteiger charge is -2.23. The van der Waals surface area contributed by atoms with Crippen molar-refractivity contribution in [3.05, 3.63) is 23.8 Å². The Hall–Kier alpha value is -2.35. The van der Waals surface area contributed by atoms with Crippen LogP contribution in [0.3, 0.4) is 0 Å². The molecular weight excluding hydrogens is 292 g/mol. The molecule has 1 aliphatic carbocycles. The van der Waals surface area contributed by atoms with E-state index in [1.165, 1.54) is 30.1 Å². The summed E-state index contributed by atoms with van der Waals surface area (Å²) < 4.78 is 0. The van der Waals surface area contributed by atoms with Crippen LogP contribution >= 0.6 is 0 Å². The highest BCUT2D eigenvalue weighted by Crippen LogP contribution is 2.31. The molecule has 1 saturated heterocycles. The number of nitrogens with one attached hydrogen (secondary N) is 1. The zero-order valence-electron chi connectivity index (χ0n) is 12.3. The molecule has 8 nitrogen and oxygen atoms in total. The van der Waals surface area contributed by atoms with Crippen molar-refractivity contribution in [2.24, 2.45) is 5.41 Å². The molecule has 0 aromatic heterocycles. The molecule has 1 atom stereocenters. The van der Waals surface area contributed by atoms with E-state index >= 15 is 0 Å². The number of rotatable bonds is 2. The second-order valence-corrected chi connectivity index (χ2v) is 5.28. The second kappa shape index (κ2) is 7.60. The number of nitrogens with zero attached hydrogens (tertiary/aromatic N) is 1. The molecule has 22 heavy (non-hydrogen) atoms. The molecule has 0 aromatic rings. The first-order valence-corrected chi connectivity index (χ1v) is 6.80. The zero-order valence-corrected chi connectivity index (χ0v) is 12.3. The van der Waals surface area contributed by atoms with Crippen molar-refractivity contribution < 1.29 is 29.7 Å². The maximum atomic E-state index is 10.8. The number of aliphatic carboxylic acids is 2. The summed E-state index contributed by atoms with van der Waals surface area (Å²) in [5.41, 5.74) is -0.949. The Morgan fingerprint density at radius 1 is 1.18 bits per heavy atom. The molecule has 0 saturated carbocycles. The van der Waals surface area contributed by atoms with Gasteiger partial charge in [0.1, 0.15) is 0 Å². The lowest BCUT2D eigenvalue weighted by Crippen LogP contribution is -2.45. The fourth-order valence-electron chi connectivity index (χ4n) is 2.04. The van der Waals surface area contributed by atoms with Gasteiger partial charge < -0.3 is 25.5 Å². The number of hydrogen-bond donors (Lipinski definition) is 4. The summed E-state index contributed by atoms with van der Waals surface area (Å²) in [6, 6.07) is 0. The van der Waals surface area contributed by atoms with Crippen LogP contribution in [0.25, 0.3) is 0 Å². The molecule has 2 aliphatic rings. The van der Waals surface area contributed by atoms with Crippen LogP contribution in [0.5, 0.6) is 0 Å². The van der Waals surface area contributed by atoms with Crippen LogP contribution < -0.4 is 5.32 Å². The minimum absolute atomic E-state index is 0.0359. The van der Waals surface area contributed by atoms with Crippen molar-refractivity contribution in [1.29, 1.82) is 0 Å². The fourth-order valence-corrected chi connectivity index (χ4v) is 2.04. The highest BCUT2D eigenvalue weighted by Gasteiger charge is 2.34. The number of piperazine rings is 1. The summed E-state index contributed by atoms with van der Waals surface area (Å²) in [6.07, 6.45) is 3.63. The van der Waals surface area contributed by atoms with Gasteiger partial charge in [0.25, 0.3) is 0 Å². The van der Waals surface area contributed by atoms with Gasteiger partial charge in [-0.2, -0.15) is 0 Å². The van der Waals surface area contributed by atoms with Gasteiger partial charge in [-0.1, -0.05) is 18.2 Å². The fraction of sp³-hybridized carbons (Fsp3) is 0.500. The summed E-state index contributed by atoms with van der Waals surface area (Å²) in [6.45, 7) is 4.31. The van der Waals surface area contributed by atoms with Crippen molar-refractivity contribution in [1.82, 2.24) is 10.2 Å². The molecule has 0 radical (unpaired) electrons. The first kappa shape index (κ1) is 17.7. The van der Waals surface area contributed by atoms with E-state index in [1.807, 2.05) is 0 Å². The average Bonchev–Trinajstić information content (AvgIpc) is 2.48. The van der Waals surface area contributed by atoms with Crippen LogP contribution in [0.2, 0.25) is 0 Å². The molecule has 1 aliphatic heterocycles. The molecular formula is C14H20N2O6. The van der Waals surface area contributed by atoms with E-state index in [0.717, 1.165) is 13.1 Å². The Morgan fingerprint density at radius 3 is 2.18 bits per heavy atom. The standard InChI is InChI=1S/C9H10O4.C5H10N2O2/c1-9(8(12)13)4-2-3-6(5-9)7(10)11;8-5(9)7-3-1-6-2-4-7/h2-4H,5H2,1H3,(H,10,11)(H,12,13);6H,1-4H2,(H,8,9)/t9-;/m0./s1. The van der Waals surface area contributed by atoms with Crippen molar-refractivity contribution >= 4 is 18.0 Å². The zero-order chi connectivity index (χ0) is 16.8. The highest BCUT2D eigenvalue weighted by molar-refractivity contribution is 5.90. The van der Waals surface area contributed by atoms with E-state index in [2.05, 4.69) is 5.32 Å². The van der Waals surface area contributed by atoms with Gasteiger partial charge in [-0.05, 0) is 13.3 Å². The van der Waals surface area contributed by atoms with Gasteiger partial charge in [-0.3, -0.25) is 4.79 Å². The minimum atomic E-state index is -1.08. The first-order valence-electron chi connectivity index (χ1n) is 6.80. The van der Waals surface area contributed by atoms with Gasteiger partial charge in [0.05, 0.1) is 5.41 Å². The quantitative estimate of drug-likeness (QED) is 0.588. The van der Waals surface area contributed by atoms with Gasteiger partial charge in [-0.15, -0.1) is 0 Å². The minimum Gasteiger partial charge on any atom is -0.481 e. The Balaban J connectivity index is 0.000000235. The maximum absolute atomic E-state index is 10.8. The second-order valence-electron chi connectivity index (χ2n) is 5.28. The molecule has 0 unspecified atom stereocenters. The number of amides is 1. The topological polar surface area (TPSA) is 127 Å². The monoisotopic (exact) mass is 312 g/mol. The van der Waals surface area contributed by atoms with Crippen molar-refractivity contribution in [3.63, 3.8) is 0 Å². The van der Waals surface area contributed by atoms with Crippen molar-refractivity contribution in [3.8, 4) is 0 Å². The predicted molar refractivity (Wildman–Crippen MR) is 77.7 cm³/mol. The first-order chi connectivity index (χ1) is 10.3. The number of hydrogen-bond acceptors (Lipinski definition) is 4. The van der Waals surface area contributed by atoms with Gasteiger partial charge >= 0.3 is 18.0 Å². The van der Waals surface area contributed by atoms with Crippen LogP contribution in [0.4, 0.5) is 4.79 Å². The molecule has 1 amide bonds. The SMILES string of the molecule is C[C@]1(C(=O)O)C=CC=C(C(=O)O)C1.O=C(O)N1CCNCC1. The van der Waals surface area contributed by atoms with Gasteiger partial charge in [0.2, 0.25) is 0 Å².